The third-order valence-corrected chi connectivity index (χ3v) is 3.59. The maximum absolute atomic E-state index is 12.9. The number of aliphatic imine (C=N–C) groups is 1. The van der Waals surface area contributed by atoms with Gasteiger partial charge in [0.05, 0.1) is 18.7 Å². The Balaban J connectivity index is 2.16. The van der Waals surface area contributed by atoms with Crippen molar-refractivity contribution in [1.82, 2.24) is 10.2 Å². The Morgan fingerprint density at radius 2 is 2.17 bits per heavy atom. The molecule has 4 nitrogen and oxygen atoms in total. The van der Waals surface area contributed by atoms with Gasteiger partial charge in [0.15, 0.2) is 5.96 Å². The highest BCUT2D eigenvalue weighted by Crippen LogP contribution is 2.32. The SMILES string of the molecule is CCN=C(NCC)N1CCOC(c2cccc(C(F)(F)F)c2)C1. The molecule has 0 amide bonds. The van der Waals surface area contributed by atoms with E-state index in [1.54, 1.807) is 6.07 Å². The maximum Gasteiger partial charge on any atom is 0.416 e. The third-order valence-electron chi connectivity index (χ3n) is 3.59. The minimum Gasteiger partial charge on any atom is -0.370 e. The molecule has 1 aliphatic heterocycles. The maximum atomic E-state index is 12.9. The van der Waals surface area contributed by atoms with Crippen LogP contribution in [0.1, 0.15) is 31.1 Å². The van der Waals surface area contributed by atoms with E-state index in [-0.39, 0.29) is 0 Å². The molecule has 1 aromatic rings. The number of halogens is 3. The predicted octanol–water partition coefficient (Wildman–Crippen LogP) is 3.06. The molecule has 0 bridgehead atoms. The number of hydrogen-bond donors (Lipinski definition) is 1. The first-order valence-corrected chi connectivity index (χ1v) is 7.77. The van der Waals surface area contributed by atoms with Crippen molar-refractivity contribution in [2.45, 2.75) is 26.1 Å². The molecule has 7 heteroatoms. The molecule has 1 heterocycles. The van der Waals surface area contributed by atoms with Crippen molar-refractivity contribution in [3.8, 4) is 0 Å². The number of nitrogens with one attached hydrogen (secondary N) is 1. The average Bonchev–Trinajstić information content (AvgIpc) is 2.54. The van der Waals surface area contributed by atoms with Crippen LogP contribution in [0, 0.1) is 0 Å². The van der Waals surface area contributed by atoms with Crippen LogP contribution in [-0.2, 0) is 10.9 Å². The van der Waals surface area contributed by atoms with Crippen LogP contribution in [0.4, 0.5) is 13.2 Å². The summed E-state index contributed by atoms with van der Waals surface area (Å²) in [6.45, 7) is 6.92. The monoisotopic (exact) mass is 329 g/mol. The van der Waals surface area contributed by atoms with Crippen molar-refractivity contribution in [3.05, 3.63) is 35.4 Å². The van der Waals surface area contributed by atoms with Crippen LogP contribution >= 0.6 is 0 Å². The Labute approximate surface area is 134 Å². The highest BCUT2D eigenvalue weighted by molar-refractivity contribution is 5.80. The van der Waals surface area contributed by atoms with Crippen LogP contribution in [0.2, 0.25) is 0 Å². The fourth-order valence-corrected chi connectivity index (χ4v) is 2.53. The molecular formula is C16H22F3N3O. The van der Waals surface area contributed by atoms with E-state index >= 15 is 0 Å². The van der Waals surface area contributed by atoms with Crippen molar-refractivity contribution in [1.29, 1.82) is 0 Å². The molecule has 0 saturated carbocycles. The van der Waals surface area contributed by atoms with Gasteiger partial charge >= 0.3 is 6.18 Å². The Bertz CT molecular complexity index is 546. The number of benzene rings is 1. The summed E-state index contributed by atoms with van der Waals surface area (Å²) in [6.07, 6.45) is -4.74. The number of ether oxygens (including phenoxy) is 1. The summed E-state index contributed by atoms with van der Waals surface area (Å²) in [6, 6.07) is 5.34. The van der Waals surface area contributed by atoms with Crippen LogP contribution in [-0.4, -0.2) is 43.6 Å². The first-order valence-electron chi connectivity index (χ1n) is 7.77. The van der Waals surface area contributed by atoms with E-state index in [4.69, 9.17) is 4.74 Å². The number of guanidine groups is 1. The van der Waals surface area contributed by atoms with Gasteiger partial charge in [-0.25, -0.2) is 0 Å². The molecule has 2 rings (SSSR count). The molecule has 1 unspecified atom stereocenters. The lowest BCUT2D eigenvalue weighted by Crippen LogP contribution is -2.48. The van der Waals surface area contributed by atoms with Gasteiger partial charge in [-0.2, -0.15) is 13.2 Å². The Kier molecular flexibility index (Phi) is 5.87. The van der Waals surface area contributed by atoms with Crippen molar-refractivity contribution >= 4 is 5.96 Å². The molecular weight excluding hydrogens is 307 g/mol. The standard InChI is InChI=1S/C16H22F3N3O/c1-3-20-15(21-4-2)22-8-9-23-14(11-22)12-6-5-7-13(10-12)16(17,18)19/h5-7,10,14H,3-4,8-9,11H2,1-2H3,(H,20,21). The fraction of sp³-hybridized carbons (Fsp3) is 0.562. The zero-order chi connectivity index (χ0) is 16.9. The minimum atomic E-state index is -4.34. The van der Waals surface area contributed by atoms with Crippen LogP contribution < -0.4 is 5.32 Å². The van der Waals surface area contributed by atoms with Gasteiger partial charge in [-0.3, -0.25) is 4.99 Å². The van der Waals surface area contributed by atoms with Gasteiger partial charge in [0.25, 0.3) is 0 Å². The van der Waals surface area contributed by atoms with Gasteiger partial charge in [0, 0.05) is 19.6 Å². The lowest BCUT2D eigenvalue weighted by atomic mass is 10.0. The lowest BCUT2D eigenvalue weighted by molar-refractivity contribution is -0.137. The number of alkyl halides is 3. The highest BCUT2D eigenvalue weighted by atomic mass is 19.4. The zero-order valence-corrected chi connectivity index (χ0v) is 13.4. The van der Waals surface area contributed by atoms with Crippen LogP contribution in [0.3, 0.4) is 0 Å². The van der Waals surface area contributed by atoms with Gasteiger partial charge < -0.3 is 15.0 Å². The second kappa shape index (κ2) is 7.68. The van der Waals surface area contributed by atoms with Gasteiger partial charge in [-0.05, 0) is 31.5 Å². The lowest BCUT2D eigenvalue weighted by Gasteiger charge is -2.35. The number of nitrogens with zero attached hydrogens (tertiary/aromatic N) is 2. The van der Waals surface area contributed by atoms with Gasteiger partial charge in [0.1, 0.15) is 6.10 Å². The summed E-state index contributed by atoms with van der Waals surface area (Å²) in [7, 11) is 0. The average molecular weight is 329 g/mol. The molecule has 1 aliphatic rings. The van der Waals surface area contributed by atoms with Gasteiger partial charge in [0.2, 0.25) is 0 Å². The van der Waals surface area contributed by atoms with Crippen molar-refractivity contribution in [2.24, 2.45) is 4.99 Å². The summed E-state index contributed by atoms with van der Waals surface area (Å²) in [4.78, 5) is 6.45. The van der Waals surface area contributed by atoms with Crippen LogP contribution in [0.15, 0.2) is 29.3 Å². The molecule has 1 N–H and O–H groups in total. The summed E-state index contributed by atoms with van der Waals surface area (Å²) < 4.78 is 44.3. The molecule has 1 fully saturated rings. The van der Waals surface area contributed by atoms with Gasteiger partial charge in [-0.15, -0.1) is 0 Å². The second-order valence-electron chi connectivity index (χ2n) is 5.26. The fourth-order valence-electron chi connectivity index (χ4n) is 2.53. The van der Waals surface area contributed by atoms with Crippen molar-refractivity contribution in [2.75, 3.05) is 32.8 Å². The topological polar surface area (TPSA) is 36.9 Å². The molecule has 0 radical (unpaired) electrons. The first kappa shape index (κ1) is 17.6. The summed E-state index contributed by atoms with van der Waals surface area (Å²) in [5.41, 5.74) is -0.110. The Morgan fingerprint density at radius 3 is 2.83 bits per heavy atom. The predicted molar refractivity (Wildman–Crippen MR) is 83.4 cm³/mol. The highest BCUT2D eigenvalue weighted by Gasteiger charge is 2.32. The van der Waals surface area contributed by atoms with E-state index < -0.39 is 17.8 Å². The second-order valence-corrected chi connectivity index (χ2v) is 5.26. The molecule has 0 spiro atoms. The van der Waals surface area contributed by atoms with E-state index in [0.717, 1.165) is 24.6 Å². The molecule has 0 aromatic heterocycles. The van der Waals surface area contributed by atoms with E-state index in [1.807, 2.05) is 18.7 Å². The smallest absolute Gasteiger partial charge is 0.370 e. The van der Waals surface area contributed by atoms with Crippen LogP contribution in [0.25, 0.3) is 0 Å². The number of morpholine rings is 1. The Hall–Kier alpha value is -1.76. The zero-order valence-electron chi connectivity index (χ0n) is 13.4. The summed E-state index contributed by atoms with van der Waals surface area (Å²) in [5, 5.41) is 3.20. The molecule has 1 saturated heterocycles. The molecule has 1 aromatic carbocycles. The first-order chi connectivity index (χ1) is 11.0. The normalized spacial score (nSPS) is 19.8. The van der Waals surface area contributed by atoms with E-state index in [1.165, 1.54) is 6.07 Å². The summed E-state index contributed by atoms with van der Waals surface area (Å²) in [5.74, 6) is 0.773. The molecule has 23 heavy (non-hydrogen) atoms. The van der Waals surface area contributed by atoms with E-state index in [0.29, 0.717) is 31.8 Å². The van der Waals surface area contributed by atoms with Crippen molar-refractivity contribution < 1.29 is 17.9 Å². The molecule has 128 valence electrons. The molecule has 0 aliphatic carbocycles. The Morgan fingerprint density at radius 1 is 1.39 bits per heavy atom. The number of hydrogen-bond acceptors (Lipinski definition) is 2. The minimum absolute atomic E-state index is 0.397. The largest absolute Gasteiger partial charge is 0.416 e. The van der Waals surface area contributed by atoms with Crippen LogP contribution in [0.5, 0.6) is 0 Å². The third kappa shape index (κ3) is 4.60. The van der Waals surface area contributed by atoms with Gasteiger partial charge in [-0.1, -0.05) is 12.1 Å². The quantitative estimate of drug-likeness (QED) is 0.684. The summed E-state index contributed by atoms with van der Waals surface area (Å²) >= 11 is 0. The van der Waals surface area contributed by atoms with E-state index in [2.05, 4.69) is 10.3 Å². The molecule has 1 atom stereocenters. The van der Waals surface area contributed by atoms with Crippen molar-refractivity contribution in [3.63, 3.8) is 0 Å². The number of rotatable bonds is 3. The van der Waals surface area contributed by atoms with E-state index in [9.17, 15) is 13.2 Å².